The molecule has 0 aliphatic heterocycles. The van der Waals surface area contributed by atoms with Crippen LogP contribution in [0.25, 0.3) is 10.2 Å². The fourth-order valence-corrected chi connectivity index (χ4v) is 3.60. The minimum absolute atomic E-state index is 0.0238. The molecule has 134 valence electrons. The molecule has 26 heavy (non-hydrogen) atoms. The normalized spacial score (nSPS) is 10.7. The van der Waals surface area contributed by atoms with E-state index in [4.69, 9.17) is 0 Å². The zero-order valence-corrected chi connectivity index (χ0v) is 15.7. The Morgan fingerprint density at radius 1 is 1.08 bits per heavy atom. The predicted molar refractivity (Wildman–Crippen MR) is 107 cm³/mol. The van der Waals surface area contributed by atoms with Gasteiger partial charge in [0.2, 0.25) is 11.8 Å². The van der Waals surface area contributed by atoms with Crippen LogP contribution in [0.2, 0.25) is 0 Å². The van der Waals surface area contributed by atoms with E-state index < -0.39 is 0 Å². The van der Waals surface area contributed by atoms with Crippen LogP contribution in [0.1, 0.15) is 30.9 Å². The molecule has 0 radical (unpaired) electrons. The Morgan fingerprint density at radius 3 is 2.69 bits per heavy atom. The molecule has 0 saturated heterocycles. The summed E-state index contributed by atoms with van der Waals surface area (Å²) in [6, 6.07) is 13.5. The maximum atomic E-state index is 12.3. The summed E-state index contributed by atoms with van der Waals surface area (Å²) in [6.07, 6.45) is 1.58. The summed E-state index contributed by atoms with van der Waals surface area (Å²) >= 11 is 1.42. The van der Waals surface area contributed by atoms with E-state index in [2.05, 4.69) is 15.6 Å². The molecule has 3 aromatic rings. The van der Waals surface area contributed by atoms with Gasteiger partial charge in [0.1, 0.15) is 0 Å². The first kappa shape index (κ1) is 18.1. The first-order chi connectivity index (χ1) is 12.5. The largest absolute Gasteiger partial charge is 0.326 e. The van der Waals surface area contributed by atoms with E-state index in [0.29, 0.717) is 18.0 Å². The molecule has 6 heteroatoms. The lowest BCUT2D eigenvalue weighted by molar-refractivity contribution is -0.116. The number of thiazole rings is 1. The van der Waals surface area contributed by atoms with Gasteiger partial charge in [-0.05, 0) is 48.7 Å². The molecule has 5 nitrogen and oxygen atoms in total. The van der Waals surface area contributed by atoms with Crippen molar-refractivity contribution in [2.45, 2.75) is 33.1 Å². The standard InChI is InChI=1S/C20H21N3O2S/c1-3-5-18(24)23-20-22-16-9-8-14(11-17(16)26-20)12-19(25)21-15-7-4-6-13(2)10-15/h4,6-11H,3,5,12H2,1-2H3,(H,21,25)(H,22,23,24). The van der Waals surface area contributed by atoms with Crippen molar-refractivity contribution < 1.29 is 9.59 Å². The van der Waals surface area contributed by atoms with Gasteiger partial charge in [-0.1, -0.05) is 36.5 Å². The third-order valence-electron chi connectivity index (χ3n) is 3.84. The fraction of sp³-hybridized carbons (Fsp3) is 0.250. The van der Waals surface area contributed by atoms with Gasteiger partial charge in [-0.3, -0.25) is 9.59 Å². The Labute approximate surface area is 156 Å². The minimum Gasteiger partial charge on any atom is -0.326 e. The summed E-state index contributed by atoms with van der Waals surface area (Å²) in [4.78, 5) is 28.4. The number of nitrogens with one attached hydrogen (secondary N) is 2. The number of fused-ring (bicyclic) bond motifs is 1. The Kier molecular flexibility index (Phi) is 5.63. The summed E-state index contributed by atoms with van der Waals surface area (Å²) < 4.78 is 0.956. The second-order valence-electron chi connectivity index (χ2n) is 6.21. The number of carbonyl (C=O) groups is 2. The van der Waals surface area contributed by atoms with E-state index in [1.807, 2.05) is 56.3 Å². The van der Waals surface area contributed by atoms with Crippen molar-refractivity contribution >= 4 is 44.2 Å². The zero-order valence-electron chi connectivity index (χ0n) is 14.8. The van der Waals surface area contributed by atoms with Gasteiger partial charge >= 0.3 is 0 Å². The number of hydrogen-bond donors (Lipinski definition) is 2. The van der Waals surface area contributed by atoms with E-state index in [0.717, 1.165) is 33.5 Å². The molecule has 0 unspecified atom stereocenters. The molecule has 0 atom stereocenters. The van der Waals surface area contributed by atoms with Crippen molar-refractivity contribution in [1.82, 2.24) is 4.98 Å². The number of rotatable bonds is 6. The summed E-state index contributed by atoms with van der Waals surface area (Å²) in [6.45, 7) is 3.95. The van der Waals surface area contributed by atoms with Crippen LogP contribution in [-0.4, -0.2) is 16.8 Å². The van der Waals surface area contributed by atoms with Crippen molar-refractivity contribution in [3.63, 3.8) is 0 Å². The number of hydrogen-bond acceptors (Lipinski definition) is 4. The molecule has 0 spiro atoms. The smallest absolute Gasteiger partial charge is 0.228 e. The minimum atomic E-state index is -0.0593. The Bertz CT molecular complexity index is 949. The molecular weight excluding hydrogens is 346 g/mol. The lowest BCUT2D eigenvalue weighted by Crippen LogP contribution is -2.14. The van der Waals surface area contributed by atoms with E-state index in [1.165, 1.54) is 11.3 Å². The lowest BCUT2D eigenvalue weighted by Gasteiger charge is -2.06. The molecule has 2 amide bonds. The number of anilines is 2. The Balaban J connectivity index is 1.68. The van der Waals surface area contributed by atoms with Gasteiger partial charge in [0, 0.05) is 12.1 Å². The van der Waals surface area contributed by atoms with Gasteiger partial charge < -0.3 is 10.6 Å². The van der Waals surface area contributed by atoms with Crippen LogP contribution in [0.5, 0.6) is 0 Å². The number of aromatic nitrogens is 1. The van der Waals surface area contributed by atoms with Crippen molar-refractivity contribution in [3.8, 4) is 0 Å². The van der Waals surface area contributed by atoms with Crippen LogP contribution < -0.4 is 10.6 Å². The lowest BCUT2D eigenvalue weighted by atomic mass is 10.1. The molecule has 1 aromatic heterocycles. The third-order valence-corrected chi connectivity index (χ3v) is 4.78. The van der Waals surface area contributed by atoms with Crippen LogP contribution >= 0.6 is 11.3 Å². The number of aryl methyl sites for hydroxylation is 1. The maximum Gasteiger partial charge on any atom is 0.228 e. The molecule has 2 aromatic carbocycles. The van der Waals surface area contributed by atoms with E-state index in [-0.39, 0.29) is 11.8 Å². The predicted octanol–water partition coefficient (Wildman–Crippen LogP) is 4.52. The number of nitrogens with zero attached hydrogens (tertiary/aromatic N) is 1. The second kappa shape index (κ2) is 8.10. The van der Waals surface area contributed by atoms with E-state index in [9.17, 15) is 9.59 Å². The average Bonchev–Trinajstić information content (AvgIpc) is 2.96. The molecule has 0 bridgehead atoms. The SMILES string of the molecule is CCCC(=O)Nc1nc2ccc(CC(=O)Nc3cccc(C)c3)cc2s1. The second-order valence-corrected chi connectivity index (χ2v) is 7.24. The molecule has 0 aliphatic rings. The van der Waals surface area contributed by atoms with Gasteiger partial charge in [-0.15, -0.1) is 0 Å². The van der Waals surface area contributed by atoms with E-state index in [1.54, 1.807) is 0 Å². The van der Waals surface area contributed by atoms with Crippen LogP contribution in [0.3, 0.4) is 0 Å². The highest BCUT2D eigenvalue weighted by Gasteiger charge is 2.10. The highest BCUT2D eigenvalue weighted by atomic mass is 32.1. The van der Waals surface area contributed by atoms with Crippen LogP contribution in [0.4, 0.5) is 10.8 Å². The molecule has 0 aliphatic carbocycles. The molecule has 0 fully saturated rings. The van der Waals surface area contributed by atoms with Gasteiger partial charge in [-0.25, -0.2) is 4.98 Å². The summed E-state index contributed by atoms with van der Waals surface area (Å²) in [5, 5.41) is 6.33. The Hall–Kier alpha value is -2.73. The van der Waals surface area contributed by atoms with Crippen molar-refractivity contribution in [2.24, 2.45) is 0 Å². The quantitative estimate of drug-likeness (QED) is 0.673. The number of amides is 2. The number of carbonyl (C=O) groups excluding carboxylic acids is 2. The van der Waals surface area contributed by atoms with Crippen LogP contribution in [0.15, 0.2) is 42.5 Å². The monoisotopic (exact) mass is 367 g/mol. The summed E-state index contributed by atoms with van der Waals surface area (Å²) in [7, 11) is 0. The molecule has 1 heterocycles. The van der Waals surface area contributed by atoms with Crippen LogP contribution in [-0.2, 0) is 16.0 Å². The topological polar surface area (TPSA) is 71.1 Å². The van der Waals surface area contributed by atoms with Gasteiger partial charge in [0.15, 0.2) is 5.13 Å². The van der Waals surface area contributed by atoms with Gasteiger partial charge in [0.25, 0.3) is 0 Å². The van der Waals surface area contributed by atoms with Crippen molar-refractivity contribution in [3.05, 3.63) is 53.6 Å². The molecule has 3 rings (SSSR count). The third kappa shape index (κ3) is 4.67. The Morgan fingerprint density at radius 2 is 1.92 bits per heavy atom. The van der Waals surface area contributed by atoms with Gasteiger partial charge in [0.05, 0.1) is 16.6 Å². The average molecular weight is 367 g/mol. The molecule has 0 saturated carbocycles. The highest BCUT2D eigenvalue weighted by Crippen LogP contribution is 2.27. The first-order valence-electron chi connectivity index (χ1n) is 8.59. The van der Waals surface area contributed by atoms with Crippen LogP contribution in [0, 0.1) is 6.92 Å². The molecular formula is C20H21N3O2S. The fourth-order valence-electron chi connectivity index (χ4n) is 2.65. The summed E-state index contributed by atoms with van der Waals surface area (Å²) in [5.74, 6) is -0.0831. The highest BCUT2D eigenvalue weighted by molar-refractivity contribution is 7.22. The van der Waals surface area contributed by atoms with Gasteiger partial charge in [-0.2, -0.15) is 0 Å². The summed E-state index contributed by atoms with van der Waals surface area (Å²) in [5.41, 5.74) is 3.64. The zero-order chi connectivity index (χ0) is 18.5. The van der Waals surface area contributed by atoms with E-state index >= 15 is 0 Å². The molecule has 2 N–H and O–H groups in total. The first-order valence-corrected chi connectivity index (χ1v) is 9.41. The maximum absolute atomic E-state index is 12.3. The van der Waals surface area contributed by atoms with Crippen molar-refractivity contribution in [2.75, 3.05) is 10.6 Å². The number of benzene rings is 2. The van der Waals surface area contributed by atoms with Crippen molar-refractivity contribution in [1.29, 1.82) is 0 Å².